The molecule has 3 N–H and O–H groups in total. The van der Waals surface area contributed by atoms with E-state index in [4.69, 9.17) is 22.1 Å². The molecule has 0 radical (unpaired) electrons. The van der Waals surface area contributed by atoms with Gasteiger partial charge < -0.3 is 20.5 Å². The summed E-state index contributed by atoms with van der Waals surface area (Å²) in [4.78, 5) is 0. The third-order valence-electron chi connectivity index (χ3n) is 2.31. The zero-order valence-electron chi connectivity index (χ0n) is 10.4. The zero-order valence-corrected chi connectivity index (χ0v) is 11.2. The van der Waals surface area contributed by atoms with Crippen molar-refractivity contribution in [3.8, 4) is 0 Å². The van der Waals surface area contributed by atoms with Gasteiger partial charge in [0.25, 0.3) is 0 Å². The van der Waals surface area contributed by atoms with E-state index in [0.29, 0.717) is 24.9 Å². The highest BCUT2D eigenvalue weighted by Gasteiger charge is 1.95. The average molecular weight is 268 g/mol. The molecule has 0 spiro atoms. The van der Waals surface area contributed by atoms with E-state index in [2.05, 4.69) is 22.8 Å². The van der Waals surface area contributed by atoms with Gasteiger partial charge in [-0.25, -0.2) is 0 Å². The van der Waals surface area contributed by atoms with Gasteiger partial charge in [0.1, 0.15) is 0 Å². The maximum atomic E-state index is 8.52. The topological polar surface area (TPSA) is 53.5 Å². The number of ether oxygens (including phenoxy) is 1. The molecule has 5 heteroatoms. The number of aliphatic hydroxyl groups excluding tert-OH is 1. The van der Waals surface area contributed by atoms with Crippen molar-refractivity contribution < 1.29 is 9.84 Å². The van der Waals surface area contributed by atoms with Crippen LogP contribution in [0.1, 0.15) is 5.56 Å². The minimum Gasteiger partial charge on any atom is -0.394 e. The van der Waals surface area contributed by atoms with Crippen LogP contribution in [-0.2, 0) is 11.2 Å². The molecule has 0 saturated carbocycles. The Morgan fingerprint density at radius 3 is 2.56 bits per heavy atom. The van der Waals surface area contributed by atoms with E-state index >= 15 is 0 Å². The second-order valence-electron chi connectivity index (χ2n) is 3.75. The van der Waals surface area contributed by atoms with E-state index in [0.717, 1.165) is 13.0 Å². The fraction of sp³-hybridized carbons (Fsp3) is 0.462. The van der Waals surface area contributed by atoms with Crippen LogP contribution in [0.25, 0.3) is 0 Å². The fourth-order valence-electron chi connectivity index (χ4n) is 1.43. The number of hydrogen-bond donors (Lipinski definition) is 3. The third-order valence-corrected chi connectivity index (χ3v) is 2.60. The molecule has 0 unspecified atom stereocenters. The first-order valence-corrected chi connectivity index (χ1v) is 6.48. The predicted octanol–water partition coefficient (Wildman–Crippen LogP) is 0.702. The number of thiocarbonyl (C=S) groups is 1. The van der Waals surface area contributed by atoms with Crippen LogP contribution in [0.3, 0.4) is 0 Å². The van der Waals surface area contributed by atoms with Crippen LogP contribution in [0, 0.1) is 0 Å². The first-order chi connectivity index (χ1) is 8.83. The van der Waals surface area contributed by atoms with Gasteiger partial charge in [0, 0.05) is 13.1 Å². The van der Waals surface area contributed by atoms with E-state index in [1.54, 1.807) is 0 Å². The average Bonchev–Trinajstić information content (AvgIpc) is 2.40. The highest BCUT2D eigenvalue weighted by Crippen LogP contribution is 1.97. The maximum Gasteiger partial charge on any atom is 0.166 e. The zero-order chi connectivity index (χ0) is 13.1. The van der Waals surface area contributed by atoms with Crippen molar-refractivity contribution in [1.29, 1.82) is 0 Å². The number of rotatable bonds is 8. The van der Waals surface area contributed by atoms with E-state index in [1.165, 1.54) is 5.56 Å². The minimum absolute atomic E-state index is 0.0553. The van der Waals surface area contributed by atoms with Crippen molar-refractivity contribution in [1.82, 2.24) is 10.6 Å². The summed E-state index contributed by atoms with van der Waals surface area (Å²) in [6.45, 7) is 2.43. The van der Waals surface area contributed by atoms with Crippen molar-refractivity contribution in [2.24, 2.45) is 0 Å². The van der Waals surface area contributed by atoms with Crippen molar-refractivity contribution in [3.63, 3.8) is 0 Å². The highest BCUT2D eigenvalue weighted by molar-refractivity contribution is 7.80. The van der Waals surface area contributed by atoms with Crippen molar-refractivity contribution in [2.45, 2.75) is 6.42 Å². The lowest BCUT2D eigenvalue weighted by Gasteiger charge is -2.10. The quantitative estimate of drug-likeness (QED) is 0.479. The number of aliphatic hydroxyl groups is 1. The Balaban J connectivity index is 2.00. The SMILES string of the molecule is OCCOCCNC(=S)NCCc1ccccc1. The first-order valence-electron chi connectivity index (χ1n) is 6.07. The molecule has 0 atom stereocenters. The molecule has 0 aromatic heterocycles. The molecule has 0 aliphatic heterocycles. The molecule has 0 aliphatic carbocycles. The summed E-state index contributed by atoms with van der Waals surface area (Å²) in [5.74, 6) is 0. The van der Waals surface area contributed by atoms with Crippen molar-refractivity contribution in [3.05, 3.63) is 35.9 Å². The molecule has 1 aromatic rings. The summed E-state index contributed by atoms with van der Waals surface area (Å²) < 4.78 is 5.11. The molecule has 18 heavy (non-hydrogen) atoms. The van der Waals surface area contributed by atoms with E-state index < -0.39 is 0 Å². The number of benzene rings is 1. The first kappa shape index (κ1) is 14.9. The molecular weight excluding hydrogens is 248 g/mol. The molecule has 0 aliphatic rings. The maximum absolute atomic E-state index is 8.52. The summed E-state index contributed by atoms with van der Waals surface area (Å²) in [7, 11) is 0. The third kappa shape index (κ3) is 7.21. The molecule has 0 fully saturated rings. The van der Waals surface area contributed by atoms with E-state index in [-0.39, 0.29) is 6.61 Å². The van der Waals surface area contributed by atoms with Crippen molar-refractivity contribution >= 4 is 17.3 Å². The summed E-state index contributed by atoms with van der Waals surface area (Å²) in [5, 5.41) is 15.3. The molecule has 4 nitrogen and oxygen atoms in total. The Hall–Kier alpha value is -1.17. The Morgan fingerprint density at radius 1 is 1.11 bits per heavy atom. The fourth-order valence-corrected chi connectivity index (χ4v) is 1.64. The number of nitrogens with one attached hydrogen (secondary N) is 2. The van der Waals surface area contributed by atoms with Crippen LogP contribution >= 0.6 is 12.2 Å². The smallest absolute Gasteiger partial charge is 0.166 e. The van der Waals surface area contributed by atoms with Gasteiger partial charge >= 0.3 is 0 Å². The standard InChI is InChI=1S/C13H20N2O2S/c16-9-11-17-10-8-15-13(18)14-7-6-12-4-2-1-3-5-12/h1-5,16H,6-11H2,(H2,14,15,18). The van der Waals surface area contributed by atoms with Gasteiger partial charge in [-0.2, -0.15) is 0 Å². The summed E-state index contributed by atoms with van der Waals surface area (Å²) in [6.07, 6.45) is 0.948. The molecule has 1 rings (SSSR count). The van der Waals surface area contributed by atoms with Gasteiger partial charge in [-0.3, -0.25) is 0 Å². The van der Waals surface area contributed by atoms with Gasteiger partial charge in [0.15, 0.2) is 5.11 Å². The molecule has 0 amide bonds. The van der Waals surface area contributed by atoms with Crippen LogP contribution in [0.15, 0.2) is 30.3 Å². The summed E-state index contributed by atoms with van der Waals surface area (Å²) in [5.41, 5.74) is 1.29. The normalized spacial score (nSPS) is 10.1. The molecule has 0 bridgehead atoms. The molecule has 0 saturated heterocycles. The predicted molar refractivity (Wildman–Crippen MR) is 76.7 cm³/mol. The van der Waals surface area contributed by atoms with Crippen LogP contribution < -0.4 is 10.6 Å². The van der Waals surface area contributed by atoms with Gasteiger partial charge in [-0.15, -0.1) is 0 Å². The van der Waals surface area contributed by atoms with Gasteiger partial charge in [-0.1, -0.05) is 30.3 Å². The van der Waals surface area contributed by atoms with Gasteiger partial charge in [0.2, 0.25) is 0 Å². The van der Waals surface area contributed by atoms with Crippen LogP contribution in [0.2, 0.25) is 0 Å². The summed E-state index contributed by atoms with van der Waals surface area (Å²) in [6, 6.07) is 10.3. The van der Waals surface area contributed by atoms with Gasteiger partial charge in [-0.05, 0) is 24.2 Å². The minimum atomic E-state index is 0.0553. The largest absolute Gasteiger partial charge is 0.394 e. The number of hydrogen-bond acceptors (Lipinski definition) is 3. The van der Waals surface area contributed by atoms with E-state index in [1.807, 2.05) is 18.2 Å². The second-order valence-corrected chi connectivity index (χ2v) is 4.16. The molecule has 100 valence electrons. The lowest BCUT2D eigenvalue weighted by Crippen LogP contribution is -2.38. The highest BCUT2D eigenvalue weighted by atomic mass is 32.1. The Kier molecular flexibility index (Phi) is 8.12. The molecule has 0 heterocycles. The second kappa shape index (κ2) is 9.82. The van der Waals surface area contributed by atoms with Gasteiger partial charge in [0.05, 0.1) is 19.8 Å². The molecule has 1 aromatic carbocycles. The van der Waals surface area contributed by atoms with Crippen molar-refractivity contribution in [2.75, 3.05) is 32.9 Å². The Labute approximate surface area is 113 Å². The summed E-state index contributed by atoms with van der Waals surface area (Å²) >= 11 is 5.12. The van der Waals surface area contributed by atoms with Crippen LogP contribution in [-0.4, -0.2) is 43.1 Å². The monoisotopic (exact) mass is 268 g/mol. The van der Waals surface area contributed by atoms with Crippen LogP contribution in [0.5, 0.6) is 0 Å². The lowest BCUT2D eigenvalue weighted by molar-refractivity contribution is 0.0958. The Bertz CT molecular complexity index is 333. The Morgan fingerprint density at radius 2 is 1.83 bits per heavy atom. The lowest BCUT2D eigenvalue weighted by atomic mass is 10.1. The van der Waals surface area contributed by atoms with E-state index in [9.17, 15) is 0 Å². The van der Waals surface area contributed by atoms with Crippen LogP contribution in [0.4, 0.5) is 0 Å². The molecular formula is C13H20N2O2S.